The zero-order valence-corrected chi connectivity index (χ0v) is 26.7. The summed E-state index contributed by atoms with van der Waals surface area (Å²) in [4.78, 5) is 24.7. The lowest BCUT2D eigenvalue weighted by Gasteiger charge is -2.26. The van der Waals surface area contributed by atoms with Gasteiger partial charge in [-0.25, -0.2) is 0 Å². The average Bonchev–Trinajstić information content (AvgIpc) is 2.96. The van der Waals surface area contributed by atoms with Gasteiger partial charge in [0.25, 0.3) is 0 Å². The summed E-state index contributed by atoms with van der Waals surface area (Å²) >= 11 is 0. The number of allylic oxidation sites excluding steroid dienone is 1. The van der Waals surface area contributed by atoms with E-state index >= 15 is 0 Å². The first kappa shape index (κ1) is 36.7. The Balaban J connectivity index is 2.25. The number of ether oxygens (including phenoxy) is 1. The zero-order valence-electron chi connectivity index (χ0n) is 26.7. The SMILES string of the molecule is CCCCCCCCCCCCCCCCCC(CCCCCCCCCC)OC(=O)C1C=CCCC1C(=O)O. The highest BCUT2D eigenvalue weighted by Crippen LogP contribution is 2.28. The van der Waals surface area contributed by atoms with E-state index < -0.39 is 17.8 Å². The maximum absolute atomic E-state index is 13.0. The summed E-state index contributed by atoms with van der Waals surface area (Å²) in [6.45, 7) is 4.53. The van der Waals surface area contributed by atoms with Gasteiger partial charge in [0.2, 0.25) is 0 Å². The molecule has 0 aromatic carbocycles. The second-order valence-corrected chi connectivity index (χ2v) is 12.5. The number of unbranched alkanes of at least 4 members (excludes halogenated alkanes) is 21. The van der Waals surface area contributed by atoms with Gasteiger partial charge >= 0.3 is 11.9 Å². The number of aliphatic carboxylic acids is 1. The van der Waals surface area contributed by atoms with Crippen molar-refractivity contribution in [1.29, 1.82) is 0 Å². The van der Waals surface area contributed by atoms with Gasteiger partial charge in [-0.2, -0.15) is 0 Å². The number of rotatable bonds is 28. The van der Waals surface area contributed by atoms with Gasteiger partial charge in [0, 0.05) is 0 Å². The van der Waals surface area contributed by atoms with Crippen molar-refractivity contribution in [1.82, 2.24) is 0 Å². The molecule has 3 unspecified atom stereocenters. The molecule has 4 heteroatoms. The van der Waals surface area contributed by atoms with E-state index in [4.69, 9.17) is 4.74 Å². The second kappa shape index (κ2) is 26.6. The van der Waals surface area contributed by atoms with Crippen molar-refractivity contribution < 1.29 is 19.4 Å². The summed E-state index contributed by atoms with van der Waals surface area (Å²) in [6, 6.07) is 0. The Kier molecular flexibility index (Phi) is 24.4. The fraction of sp³-hybridized carbons (Fsp3) is 0.889. The first-order valence-corrected chi connectivity index (χ1v) is 17.7. The van der Waals surface area contributed by atoms with E-state index in [1.165, 1.54) is 135 Å². The van der Waals surface area contributed by atoms with Crippen molar-refractivity contribution in [3.63, 3.8) is 0 Å². The summed E-state index contributed by atoms with van der Waals surface area (Å²) in [5, 5.41) is 9.58. The summed E-state index contributed by atoms with van der Waals surface area (Å²) in [6.07, 6.45) is 37.0. The van der Waals surface area contributed by atoms with Gasteiger partial charge in [-0.3, -0.25) is 9.59 Å². The van der Waals surface area contributed by atoms with Crippen LogP contribution in [-0.2, 0) is 14.3 Å². The molecule has 0 radical (unpaired) electrons. The molecule has 0 bridgehead atoms. The summed E-state index contributed by atoms with van der Waals surface area (Å²) in [5.74, 6) is -2.48. The number of carbonyl (C=O) groups excluding carboxylic acids is 1. The summed E-state index contributed by atoms with van der Waals surface area (Å²) < 4.78 is 6.00. The van der Waals surface area contributed by atoms with Crippen LogP contribution in [0.25, 0.3) is 0 Å². The van der Waals surface area contributed by atoms with Crippen LogP contribution in [0.3, 0.4) is 0 Å². The molecule has 0 amide bonds. The van der Waals surface area contributed by atoms with Gasteiger partial charge in [0.1, 0.15) is 6.10 Å². The molecule has 0 saturated carbocycles. The van der Waals surface area contributed by atoms with Crippen LogP contribution in [0.2, 0.25) is 0 Å². The largest absolute Gasteiger partial charge is 0.481 e. The van der Waals surface area contributed by atoms with E-state index in [2.05, 4.69) is 13.8 Å². The van der Waals surface area contributed by atoms with Crippen LogP contribution >= 0.6 is 0 Å². The zero-order chi connectivity index (χ0) is 29.1. The lowest BCUT2D eigenvalue weighted by atomic mass is 9.84. The molecule has 0 aliphatic heterocycles. The van der Waals surface area contributed by atoms with Crippen LogP contribution in [0.5, 0.6) is 0 Å². The third-order valence-corrected chi connectivity index (χ3v) is 8.80. The minimum atomic E-state index is -0.881. The van der Waals surface area contributed by atoms with Crippen molar-refractivity contribution in [2.75, 3.05) is 0 Å². The number of carboxylic acids is 1. The topological polar surface area (TPSA) is 63.6 Å². The maximum Gasteiger partial charge on any atom is 0.313 e. The van der Waals surface area contributed by atoms with Crippen LogP contribution in [0.4, 0.5) is 0 Å². The van der Waals surface area contributed by atoms with Gasteiger partial charge < -0.3 is 9.84 Å². The monoisotopic (exact) mass is 562 g/mol. The van der Waals surface area contributed by atoms with E-state index in [-0.39, 0.29) is 12.1 Å². The maximum atomic E-state index is 13.0. The molecule has 0 aromatic heterocycles. The van der Waals surface area contributed by atoms with Crippen LogP contribution in [0.15, 0.2) is 12.2 Å². The molecule has 1 aliphatic carbocycles. The molecular weight excluding hydrogens is 496 g/mol. The number of carboxylic acid groups (broad SMARTS) is 1. The molecule has 0 heterocycles. The molecule has 0 spiro atoms. The Morgan fingerprint density at radius 3 is 1.40 bits per heavy atom. The second-order valence-electron chi connectivity index (χ2n) is 12.5. The van der Waals surface area contributed by atoms with Crippen LogP contribution in [0.1, 0.15) is 187 Å². The summed E-state index contributed by atoms with van der Waals surface area (Å²) in [5.41, 5.74) is 0. The highest BCUT2D eigenvalue weighted by molar-refractivity contribution is 5.83. The highest BCUT2D eigenvalue weighted by atomic mass is 16.5. The van der Waals surface area contributed by atoms with Crippen LogP contribution < -0.4 is 0 Å². The third-order valence-electron chi connectivity index (χ3n) is 8.80. The van der Waals surface area contributed by atoms with Gasteiger partial charge in [-0.1, -0.05) is 161 Å². The number of esters is 1. The van der Waals surface area contributed by atoms with Crippen molar-refractivity contribution in [2.24, 2.45) is 11.8 Å². The van der Waals surface area contributed by atoms with E-state index in [1.54, 1.807) is 6.08 Å². The molecule has 0 aromatic rings. The van der Waals surface area contributed by atoms with E-state index in [0.717, 1.165) is 32.1 Å². The lowest BCUT2D eigenvalue weighted by Crippen LogP contribution is -2.33. The molecule has 1 rings (SSSR count). The fourth-order valence-electron chi connectivity index (χ4n) is 6.11. The Hall–Kier alpha value is -1.32. The van der Waals surface area contributed by atoms with Crippen molar-refractivity contribution in [3.8, 4) is 0 Å². The number of hydrogen-bond donors (Lipinski definition) is 1. The lowest BCUT2D eigenvalue weighted by molar-refractivity contribution is -0.160. The molecule has 0 saturated heterocycles. The van der Waals surface area contributed by atoms with Gasteiger partial charge in [-0.15, -0.1) is 0 Å². The van der Waals surface area contributed by atoms with E-state index in [1.807, 2.05) is 6.08 Å². The van der Waals surface area contributed by atoms with Crippen LogP contribution in [-0.4, -0.2) is 23.1 Å². The Labute approximate surface area is 248 Å². The molecule has 40 heavy (non-hydrogen) atoms. The van der Waals surface area contributed by atoms with Crippen molar-refractivity contribution in [2.45, 2.75) is 193 Å². The Bertz CT molecular complexity index is 628. The predicted octanol–water partition coefficient (Wildman–Crippen LogP) is 11.4. The number of carbonyl (C=O) groups is 2. The minimum Gasteiger partial charge on any atom is -0.481 e. The molecule has 0 fully saturated rings. The smallest absolute Gasteiger partial charge is 0.313 e. The molecule has 1 N–H and O–H groups in total. The Morgan fingerprint density at radius 1 is 0.650 bits per heavy atom. The number of hydrogen-bond acceptors (Lipinski definition) is 3. The Morgan fingerprint density at radius 2 is 1.02 bits per heavy atom. The van der Waals surface area contributed by atoms with E-state index in [0.29, 0.717) is 6.42 Å². The first-order chi connectivity index (χ1) is 19.6. The third kappa shape index (κ3) is 19.7. The first-order valence-electron chi connectivity index (χ1n) is 17.7. The molecule has 4 nitrogen and oxygen atoms in total. The average molecular weight is 563 g/mol. The summed E-state index contributed by atoms with van der Waals surface area (Å²) in [7, 11) is 0. The normalized spacial score (nSPS) is 17.6. The fourth-order valence-corrected chi connectivity index (χ4v) is 6.11. The van der Waals surface area contributed by atoms with Gasteiger partial charge in [-0.05, 0) is 38.5 Å². The molecular formula is C36H66O4. The predicted molar refractivity (Wildman–Crippen MR) is 170 cm³/mol. The minimum absolute atomic E-state index is 0.0701. The van der Waals surface area contributed by atoms with Gasteiger partial charge in [0.15, 0.2) is 0 Å². The van der Waals surface area contributed by atoms with Crippen LogP contribution in [0, 0.1) is 11.8 Å². The van der Waals surface area contributed by atoms with E-state index in [9.17, 15) is 14.7 Å². The quantitative estimate of drug-likeness (QED) is 0.0585. The van der Waals surface area contributed by atoms with Crippen molar-refractivity contribution in [3.05, 3.63) is 12.2 Å². The molecule has 3 atom stereocenters. The van der Waals surface area contributed by atoms with Gasteiger partial charge in [0.05, 0.1) is 11.8 Å². The van der Waals surface area contributed by atoms with Crippen molar-refractivity contribution >= 4 is 11.9 Å². The molecule has 234 valence electrons. The standard InChI is InChI=1S/C36H66O4/c1-3-5-7-9-11-13-14-15-16-17-18-19-21-23-25-29-32(28-24-22-20-12-10-8-6-4-2)40-36(39)34-31-27-26-30-33(34)35(37)38/h27,31-34H,3-26,28-30H2,1-2H3,(H,37,38). The molecule has 1 aliphatic rings. The highest BCUT2D eigenvalue weighted by Gasteiger charge is 2.35.